The highest BCUT2D eigenvalue weighted by Gasteiger charge is 2.29. The lowest BCUT2D eigenvalue weighted by Crippen LogP contribution is -2.51. The van der Waals surface area contributed by atoms with Crippen molar-refractivity contribution in [3.63, 3.8) is 0 Å². The maximum absolute atomic E-state index is 11.9. The molecular formula is C11H10N4O5. The SMILES string of the molecule is Cn1c(=O)oc2c(N3CCC(=O)NC3=O)c(=O)[nH]cc21. The van der Waals surface area contributed by atoms with Gasteiger partial charge in [0, 0.05) is 26.2 Å². The van der Waals surface area contributed by atoms with Gasteiger partial charge < -0.3 is 9.40 Å². The number of nitrogens with zero attached hydrogens (tertiary/aromatic N) is 2. The molecule has 0 atom stereocenters. The molecule has 3 rings (SSSR count). The summed E-state index contributed by atoms with van der Waals surface area (Å²) >= 11 is 0. The van der Waals surface area contributed by atoms with E-state index in [1.165, 1.54) is 17.8 Å². The van der Waals surface area contributed by atoms with E-state index in [0.29, 0.717) is 5.52 Å². The topological polar surface area (TPSA) is 117 Å². The predicted molar refractivity (Wildman–Crippen MR) is 67.6 cm³/mol. The normalized spacial score (nSPS) is 15.8. The minimum atomic E-state index is -0.717. The second-order valence-electron chi connectivity index (χ2n) is 4.36. The Kier molecular flexibility index (Phi) is 2.49. The minimum absolute atomic E-state index is 0.0192. The summed E-state index contributed by atoms with van der Waals surface area (Å²) in [5, 5.41) is 2.11. The zero-order valence-corrected chi connectivity index (χ0v) is 10.4. The van der Waals surface area contributed by atoms with Crippen molar-refractivity contribution in [1.29, 1.82) is 0 Å². The molecule has 1 aliphatic rings. The number of rotatable bonds is 1. The van der Waals surface area contributed by atoms with Crippen LogP contribution in [0.3, 0.4) is 0 Å². The fourth-order valence-corrected chi connectivity index (χ4v) is 2.12. The number of hydrogen-bond donors (Lipinski definition) is 2. The van der Waals surface area contributed by atoms with Crippen LogP contribution in [0.15, 0.2) is 20.2 Å². The molecule has 0 aromatic carbocycles. The fraction of sp³-hybridized carbons (Fsp3) is 0.273. The Hall–Kier alpha value is -2.84. The molecule has 1 saturated heterocycles. The van der Waals surface area contributed by atoms with Gasteiger partial charge >= 0.3 is 11.8 Å². The lowest BCUT2D eigenvalue weighted by Gasteiger charge is -2.25. The van der Waals surface area contributed by atoms with Crippen molar-refractivity contribution < 1.29 is 14.0 Å². The van der Waals surface area contributed by atoms with Crippen molar-refractivity contribution in [3.05, 3.63) is 27.1 Å². The Morgan fingerprint density at radius 1 is 1.25 bits per heavy atom. The van der Waals surface area contributed by atoms with E-state index in [0.717, 1.165) is 4.90 Å². The van der Waals surface area contributed by atoms with Gasteiger partial charge in [0.1, 0.15) is 5.52 Å². The number of imide groups is 1. The summed E-state index contributed by atoms with van der Waals surface area (Å²) in [5.74, 6) is -1.06. The number of H-pyrrole nitrogens is 1. The monoisotopic (exact) mass is 278 g/mol. The van der Waals surface area contributed by atoms with Crippen molar-refractivity contribution in [1.82, 2.24) is 14.9 Å². The molecular weight excluding hydrogens is 268 g/mol. The summed E-state index contributed by atoms with van der Waals surface area (Å²) in [6.07, 6.45) is 1.40. The van der Waals surface area contributed by atoms with Crippen LogP contribution in [-0.2, 0) is 11.8 Å². The van der Waals surface area contributed by atoms with Crippen LogP contribution in [0.1, 0.15) is 6.42 Å². The first kappa shape index (κ1) is 12.2. The number of carbonyl (C=O) groups excluding carboxylic acids is 2. The number of hydrogen-bond acceptors (Lipinski definition) is 5. The van der Waals surface area contributed by atoms with Gasteiger partial charge in [0.05, 0.1) is 0 Å². The summed E-state index contributed by atoms with van der Waals surface area (Å²) in [5.41, 5.74) is -0.276. The standard InChI is InChI=1S/C11H10N4O5/c1-14-5-4-12-9(17)7(8(5)20-11(14)19)15-3-2-6(16)13-10(15)18/h4H,2-3H2,1H3,(H,12,17)(H,13,16,18). The third kappa shape index (κ3) is 1.63. The quantitative estimate of drug-likeness (QED) is 0.712. The van der Waals surface area contributed by atoms with Crippen LogP contribution in [0.2, 0.25) is 0 Å². The molecule has 1 aliphatic heterocycles. The van der Waals surface area contributed by atoms with Crippen LogP contribution < -0.4 is 21.5 Å². The molecule has 0 bridgehead atoms. The summed E-state index contributed by atoms with van der Waals surface area (Å²) < 4.78 is 6.23. The van der Waals surface area contributed by atoms with Crippen LogP contribution in [-0.4, -0.2) is 28.0 Å². The molecule has 2 aromatic heterocycles. The van der Waals surface area contributed by atoms with Gasteiger partial charge in [-0.25, -0.2) is 9.59 Å². The van der Waals surface area contributed by atoms with Crippen molar-refractivity contribution in [2.75, 3.05) is 11.4 Å². The Morgan fingerprint density at radius 3 is 2.70 bits per heavy atom. The van der Waals surface area contributed by atoms with E-state index in [4.69, 9.17) is 4.42 Å². The van der Waals surface area contributed by atoms with Gasteiger partial charge in [-0.1, -0.05) is 0 Å². The maximum Gasteiger partial charge on any atom is 0.419 e. The van der Waals surface area contributed by atoms with E-state index in [9.17, 15) is 19.2 Å². The van der Waals surface area contributed by atoms with Crippen LogP contribution in [0.4, 0.5) is 10.5 Å². The number of fused-ring (bicyclic) bond motifs is 1. The second-order valence-corrected chi connectivity index (χ2v) is 4.36. The Labute approximate surface area is 110 Å². The smallest absolute Gasteiger partial charge is 0.405 e. The fourth-order valence-electron chi connectivity index (χ4n) is 2.12. The molecule has 0 aliphatic carbocycles. The van der Waals surface area contributed by atoms with Crippen LogP contribution in [0.5, 0.6) is 0 Å². The lowest BCUT2D eigenvalue weighted by atomic mass is 10.2. The highest BCUT2D eigenvalue weighted by molar-refractivity contribution is 6.08. The first-order valence-corrected chi connectivity index (χ1v) is 5.81. The molecule has 9 heteroatoms. The highest BCUT2D eigenvalue weighted by atomic mass is 16.4. The first-order valence-electron chi connectivity index (χ1n) is 5.81. The number of amides is 3. The van der Waals surface area contributed by atoms with Crippen molar-refractivity contribution in [2.45, 2.75) is 6.42 Å². The number of aryl methyl sites for hydroxylation is 1. The largest absolute Gasteiger partial charge is 0.419 e. The molecule has 0 unspecified atom stereocenters. The van der Waals surface area contributed by atoms with E-state index in [2.05, 4.69) is 10.3 Å². The van der Waals surface area contributed by atoms with E-state index in [1.807, 2.05) is 0 Å². The van der Waals surface area contributed by atoms with Gasteiger partial charge in [0.25, 0.3) is 5.56 Å². The number of urea groups is 1. The third-order valence-electron chi connectivity index (χ3n) is 3.15. The molecule has 9 nitrogen and oxygen atoms in total. The van der Waals surface area contributed by atoms with E-state index >= 15 is 0 Å². The summed E-state index contributed by atoms with van der Waals surface area (Å²) in [7, 11) is 1.48. The Morgan fingerprint density at radius 2 is 2.00 bits per heavy atom. The van der Waals surface area contributed by atoms with Gasteiger partial charge in [0.2, 0.25) is 5.91 Å². The summed E-state index contributed by atoms with van der Waals surface area (Å²) in [4.78, 5) is 49.9. The molecule has 104 valence electrons. The second kappa shape index (κ2) is 4.08. The molecule has 3 heterocycles. The molecule has 2 N–H and O–H groups in total. The van der Waals surface area contributed by atoms with E-state index in [-0.39, 0.29) is 24.2 Å². The van der Waals surface area contributed by atoms with Gasteiger partial charge in [-0.2, -0.15) is 0 Å². The van der Waals surface area contributed by atoms with Crippen molar-refractivity contribution >= 4 is 28.7 Å². The predicted octanol–water partition coefficient (Wildman–Crippen LogP) is -0.734. The molecule has 1 fully saturated rings. The molecule has 20 heavy (non-hydrogen) atoms. The number of nitrogens with one attached hydrogen (secondary N) is 2. The number of aromatic amines is 1. The number of pyridine rings is 1. The summed E-state index contributed by atoms with van der Waals surface area (Å²) in [6.45, 7) is 0.0471. The Balaban J connectivity index is 2.25. The van der Waals surface area contributed by atoms with Gasteiger partial charge in [-0.15, -0.1) is 0 Å². The molecule has 0 saturated carbocycles. The van der Waals surface area contributed by atoms with Gasteiger partial charge in [-0.05, 0) is 0 Å². The number of oxazole rings is 1. The van der Waals surface area contributed by atoms with Crippen LogP contribution >= 0.6 is 0 Å². The first-order chi connectivity index (χ1) is 9.49. The van der Waals surface area contributed by atoms with Gasteiger partial charge in [0.15, 0.2) is 11.3 Å². The van der Waals surface area contributed by atoms with Crippen molar-refractivity contribution in [2.24, 2.45) is 7.05 Å². The highest BCUT2D eigenvalue weighted by Crippen LogP contribution is 2.22. The van der Waals surface area contributed by atoms with Crippen LogP contribution in [0, 0.1) is 0 Å². The Bertz CT molecular complexity index is 843. The van der Waals surface area contributed by atoms with E-state index in [1.54, 1.807) is 0 Å². The van der Waals surface area contributed by atoms with Crippen molar-refractivity contribution in [3.8, 4) is 0 Å². The minimum Gasteiger partial charge on any atom is -0.405 e. The number of carbonyl (C=O) groups is 2. The van der Waals surface area contributed by atoms with Gasteiger partial charge in [-0.3, -0.25) is 24.4 Å². The lowest BCUT2D eigenvalue weighted by molar-refractivity contribution is -0.120. The zero-order valence-electron chi connectivity index (χ0n) is 10.4. The maximum atomic E-state index is 11.9. The number of anilines is 1. The average molecular weight is 278 g/mol. The molecule has 2 aromatic rings. The molecule has 0 radical (unpaired) electrons. The zero-order chi connectivity index (χ0) is 14.4. The van der Waals surface area contributed by atoms with Crippen LogP contribution in [0.25, 0.3) is 11.1 Å². The third-order valence-corrected chi connectivity index (χ3v) is 3.15. The number of aromatic nitrogens is 2. The molecule has 3 amide bonds. The van der Waals surface area contributed by atoms with E-state index < -0.39 is 23.3 Å². The molecule has 0 spiro atoms. The summed E-state index contributed by atoms with van der Waals surface area (Å²) in [6, 6.07) is -0.717. The average Bonchev–Trinajstić information content (AvgIpc) is 2.67.